The maximum absolute atomic E-state index is 5.66. The van der Waals surface area contributed by atoms with Crippen LogP contribution in [0.15, 0.2) is 39.6 Å². The van der Waals surface area contributed by atoms with Crippen LogP contribution >= 0.6 is 27.5 Å². The fraction of sp³-hybridized carbons (Fsp3) is 0.200. The van der Waals surface area contributed by atoms with E-state index in [1.165, 1.54) is 0 Å². The molecule has 3 nitrogen and oxygen atoms in total. The molecule has 2 rings (SSSR count). The predicted molar refractivity (Wildman–Crippen MR) is 62.9 cm³/mol. The van der Waals surface area contributed by atoms with Crippen molar-refractivity contribution in [2.45, 2.75) is 12.8 Å². The Labute approximate surface area is 101 Å². The van der Waals surface area contributed by atoms with Crippen LogP contribution in [0.1, 0.15) is 5.56 Å². The third-order valence-corrected chi connectivity index (χ3v) is 2.92. The van der Waals surface area contributed by atoms with Crippen LogP contribution in [0.4, 0.5) is 0 Å². The molecule has 1 aliphatic heterocycles. The van der Waals surface area contributed by atoms with Crippen LogP contribution < -0.4 is 11.1 Å². The van der Waals surface area contributed by atoms with Crippen LogP contribution in [0, 0.1) is 0 Å². The largest absolute Gasteiger partial charge is 0.396 e. The average Bonchev–Trinajstić information content (AvgIpc) is 2.23. The molecule has 0 fully saturated rings. The van der Waals surface area contributed by atoms with Gasteiger partial charge in [-0.25, -0.2) is 0 Å². The van der Waals surface area contributed by atoms with Gasteiger partial charge in [0.2, 0.25) is 0 Å². The summed E-state index contributed by atoms with van der Waals surface area (Å²) in [6.45, 7) is 0.502. The molecule has 0 aliphatic carbocycles. The number of rotatable bonds is 3. The molecule has 15 heavy (non-hydrogen) atoms. The van der Waals surface area contributed by atoms with E-state index >= 15 is 0 Å². The predicted octanol–water partition coefficient (Wildman–Crippen LogP) is 2.26. The average molecular weight is 290 g/mol. The summed E-state index contributed by atoms with van der Waals surface area (Å²) in [6, 6.07) is 7.92. The Kier molecular flexibility index (Phi) is 3.19. The number of ether oxygens (including phenoxy) is 1. The van der Waals surface area contributed by atoms with Gasteiger partial charge in [0.15, 0.2) is 6.23 Å². The van der Waals surface area contributed by atoms with E-state index in [1.54, 1.807) is 0 Å². The molecule has 1 aromatic rings. The first-order valence-electron chi connectivity index (χ1n) is 4.44. The first-order valence-corrected chi connectivity index (χ1v) is 5.61. The van der Waals surface area contributed by atoms with E-state index in [4.69, 9.17) is 22.1 Å². The van der Waals surface area contributed by atoms with Crippen molar-refractivity contribution in [1.29, 1.82) is 0 Å². The molecule has 1 aromatic carbocycles. The fourth-order valence-corrected chi connectivity index (χ4v) is 1.90. The topological polar surface area (TPSA) is 47.3 Å². The van der Waals surface area contributed by atoms with E-state index in [9.17, 15) is 0 Å². The Bertz CT molecular complexity index is 408. The maximum Gasteiger partial charge on any atom is 0.172 e. The van der Waals surface area contributed by atoms with Gasteiger partial charge in [0.25, 0.3) is 0 Å². The van der Waals surface area contributed by atoms with Crippen LogP contribution in [0.25, 0.3) is 0 Å². The summed E-state index contributed by atoms with van der Waals surface area (Å²) < 4.78 is 6.54. The number of nitrogens with one attached hydrogen (secondary N) is 1. The van der Waals surface area contributed by atoms with Crippen LogP contribution in [0.5, 0.6) is 0 Å². The lowest BCUT2D eigenvalue weighted by molar-refractivity contribution is 0.0335. The van der Waals surface area contributed by atoms with Gasteiger partial charge in [-0.3, -0.25) is 0 Å². The number of nitrogens with two attached hydrogens (primary N) is 1. The maximum atomic E-state index is 5.66. The molecule has 1 heterocycles. The molecule has 0 aromatic heterocycles. The van der Waals surface area contributed by atoms with Gasteiger partial charge in [0.1, 0.15) is 5.16 Å². The van der Waals surface area contributed by atoms with Gasteiger partial charge in [-0.2, -0.15) is 0 Å². The highest BCUT2D eigenvalue weighted by Gasteiger charge is 2.25. The van der Waals surface area contributed by atoms with Gasteiger partial charge < -0.3 is 15.8 Å². The molecule has 0 spiro atoms. The lowest BCUT2D eigenvalue weighted by Gasteiger charge is -2.29. The summed E-state index contributed by atoms with van der Waals surface area (Å²) >= 11 is 9.05. The lowest BCUT2D eigenvalue weighted by Crippen LogP contribution is -2.45. The van der Waals surface area contributed by atoms with Crippen molar-refractivity contribution >= 4 is 27.5 Å². The van der Waals surface area contributed by atoms with E-state index in [2.05, 4.69) is 21.2 Å². The third kappa shape index (κ3) is 2.45. The van der Waals surface area contributed by atoms with E-state index < -0.39 is 0 Å². The van der Waals surface area contributed by atoms with E-state index in [-0.39, 0.29) is 6.23 Å². The first-order chi connectivity index (χ1) is 7.16. The molecule has 1 aliphatic rings. The van der Waals surface area contributed by atoms with Gasteiger partial charge in [-0.15, -0.1) is 0 Å². The van der Waals surface area contributed by atoms with Crippen LogP contribution in [-0.2, 0) is 11.3 Å². The summed E-state index contributed by atoms with van der Waals surface area (Å²) in [7, 11) is 0. The monoisotopic (exact) mass is 288 g/mol. The molecule has 0 saturated heterocycles. The molecular weight excluding hydrogens is 279 g/mol. The minimum atomic E-state index is -0.253. The lowest BCUT2D eigenvalue weighted by atomic mass is 10.2. The van der Waals surface area contributed by atoms with Gasteiger partial charge in [-0.05, 0) is 17.7 Å². The molecule has 3 N–H and O–H groups in total. The van der Waals surface area contributed by atoms with Crippen molar-refractivity contribution in [1.82, 2.24) is 5.32 Å². The molecule has 80 valence electrons. The second-order valence-corrected chi connectivity index (χ2v) is 4.53. The highest BCUT2D eigenvalue weighted by molar-refractivity contribution is 9.10. The van der Waals surface area contributed by atoms with Crippen molar-refractivity contribution in [3.63, 3.8) is 0 Å². The highest BCUT2D eigenvalue weighted by atomic mass is 79.9. The van der Waals surface area contributed by atoms with Crippen molar-refractivity contribution in [2.75, 3.05) is 0 Å². The molecule has 1 atom stereocenters. The van der Waals surface area contributed by atoms with Crippen molar-refractivity contribution in [3.8, 4) is 0 Å². The summed E-state index contributed by atoms with van der Waals surface area (Å²) in [5.74, 6) is 0. The second-order valence-electron chi connectivity index (χ2n) is 3.23. The van der Waals surface area contributed by atoms with E-state index in [1.807, 2.05) is 24.3 Å². The Morgan fingerprint density at radius 3 is 2.93 bits per heavy atom. The number of hydrogen-bond donors (Lipinski definition) is 2. The summed E-state index contributed by atoms with van der Waals surface area (Å²) in [4.78, 5) is 0. The van der Waals surface area contributed by atoms with Gasteiger partial charge in [0, 0.05) is 4.47 Å². The Morgan fingerprint density at radius 1 is 1.53 bits per heavy atom. The zero-order chi connectivity index (χ0) is 10.8. The number of halogens is 2. The minimum absolute atomic E-state index is 0.253. The Balaban J connectivity index is 1.90. The van der Waals surface area contributed by atoms with Crippen molar-refractivity contribution in [3.05, 3.63) is 45.2 Å². The van der Waals surface area contributed by atoms with Crippen LogP contribution in [-0.4, -0.2) is 6.23 Å². The van der Waals surface area contributed by atoms with Gasteiger partial charge in [0.05, 0.1) is 12.3 Å². The van der Waals surface area contributed by atoms with Crippen LogP contribution in [0.2, 0.25) is 0 Å². The summed E-state index contributed by atoms with van der Waals surface area (Å²) in [6.07, 6.45) is -0.253. The Hall–Kier alpha value is -0.710. The molecule has 0 radical (unpaired) electrons. The third-order valence-electron chi connectivity index (χ3n) is 2.10. The minimum Gasteiger partial charge on any atom is -0.396 e. The van der Waals surface area contributed by atoms with Gasteiger partial charge in [-0.1, -0.05) is 39.7 Å². The smallest absolute Gasteiger partial charge is 0.172 e. The second kappa shape index (κ2) is 4.43. The molecule has 0 bridgehead atoms. The van der Waals surface area contributed by atoms with Crippen molar-refractivity contribution in [2.24, 2.45) is 5.73 Å². The SMILES string of the molecule is NC1=C(Cl)NC1OCc1cccc(Br)c1. The normalized spacial score (nSPS) is 19.7. The summed E-state index contributed by atoms with van der Waals surface area (Å²) in [5.41, 5.74) is 7.26. The zero-order valence-electron chi connectivity index (χ0n) is 7.84. The quantitative estimate of drug-likeness (QED) is 0.839. The number of hydrogen-bond acceptors (Lipinski definition) is 3. The Morgan fingerprint density at radius 2 is 2.33 bits per heavy atom. The van der Waals surface area contributed by atoms with Gasteiger partial charge >= 0.3 is 0 Å². The van der Waals surface area contributed by atoms with Crippen molar-refractivity contribution < 1.29 is 4.74 Å². The molecule has 5 heteroatoms. The highest BCUT2D eigenvalue weighted by Crippen LogP contribution is 2.20. The van der Waals surface area contributed by atoms with Crippen LogP contribution in [0.3, 0.4) is 0 Å². The molecule has 0 saturated carbocycles. The standard InChI is InChI=1S/C10H10BrClN2O/c11-7-3-1-2-6(4-7)5-15-10-8(13)9(12)14-10/h1-4,10,14H,5,13H2. The summed E-state index contributed by atoms with van der Waals surface area (Å²) in [5, 5.41) is 3.34. The molecule has 1 unspecified atom stereocenters. The first kappa shape index (κ1) is 10.8. The fourth-order valence-electron chi connectivity index (χ4n) is 1.25. The van der Waals surface area contributed by atoms with E-state index in [0.717, 1.165) is 10.0 Å². The molecule has 0 amide bonds. The zero-order valence-corrected chi connectivity index (χ0v) is 10.2. The van der Waals surface area contributed by atoms with E-state index in [0.29, 0.717) is 17.5 Å². The number of benzene rings is 1. The molecular formula is C10H10BrClN2O.